The second kappa shape index (κ2) is 8.14. The molecule has 0 spiro atoms. The Bertz CT molecular complexity index is 453. The average molecular weight is 310 g/mol. The van der Waals surface area contributed by atoms with E-state index in [4.69, 9.17) is 0 Å². The van der Waals surface area contributed by atoms with Crippen molar-refractivity contribution >= 4 is 23.2 Å². The smallest absolute Gasteiger partial charge is 0.309 e. The molecular weight excluding hydrogens is 288 g/mol. The van der Waals surface area contributed by atoms with Gasteiger partial charge in [-0.2, -0.15) is 0 Å². The van der Waals surface area contributed by atoms with Crippen LogP contribution in [0.25, 0.3) is 0 Å². The lowest BCUT2D eigenvalue weighted by molar-refractivity contribution is -0.139. The lowest BCUT2D eigenvalue weighted by atomic mass is 10.1. The molecule has 116 valence electrons. The molecule has 1 heterocycles. The highest BCUT2D eigenvalue weighted by Gasteiger charge is 2.20. The Morgan fingerprint density at radius 2 is 1.95 bits per heavy atom. The fourth-order valence-corrected chi connectivity index (χ4v) is 3.24. The summed E-state index contributed by atoms with van der Waals surface area (Å²) in [6, 6.07) is 3.74. The largest absolute Gasteiger partial charge is 0.386 e. The Labute approximate surface area is 128 Å². The van der Waals surface area contributed by atoms with Gasteiger partial charge in [0.2, 0.25) is 0 Å². The Kier molecular flexibility index (Phi) is 6.20. The highest BCUT2D eigenvalue weighted by Crippen LogP contribution is 2.18. The predicted molar refractivity (Wildman–Crippen MR) is 81.9 cm³/mol. The van der Waals surface area contributed by atoms with Gasteiger partial charge in [-0.25, -0.2) is 0 Å². The lowest BCUT2D eigenvalue weighted by Crippen LogP contribution is -2.45. The average Bonchev–Trinajstić information content (AvgIpc) is 2.90. The first-order valence-corrected chi connectivity index (χ1v) is 8.35. The lowest BCUT2D eigenvalue weighted by Gasteiger charge is -2.16. The number of nitrogens with one attached hydrogen (secondary N) is 2. The van der Waals surface area contributed by atoms with E-state index in [0.717, 1.165) is 30.6 Å². The third kappa shape index (κ3) is 5.13. The predicted octanol–water partition coefficient (Wildman–Crippen LogP) is 1.74. The van der Waals surface area contributed by atoms with Crippen molar-refractivity contribution in [2.45, 2.75) is 50.7 Å². The van der Waals surface area contributed by atoms with Crippen LogP contribution in [0, 0.1) is 0 Å². The zero-order valence-electron chi connectivity index (χ0n) is 12.0. The minimum Gasteiger partial charge on any atom is -0.386 e. The van der Waals surface area contributed by atoms with Crippen molar-refractivity contribution in [3.8, 4) is 0 Å². The van der Waals surface area contributed by atoms with E-state index < -0.39 is 17.9 Å². The summed E-state index contributed by atoms with van der Waals surface area (Å²) >= 11 is 1.42. The molecule has 1 aliphatic carbocycles. The third-order valence-electron chi connectivity index (χ3n) is 3.72. The quantitative estimate of drug-likeness (QED) is 0.585. The van der Waals surface area contributed by atoms with Gasteiger partial charge < -0.3 is 15.7 Å². The maximum atomic E-state index is 11.8. The molecule has 1 saturated carbocycles. The highest BCUT2D eigenvalue weighted by atomic mass is 32.1. The van der Waals surface area contributed by atoms with Gasteiger partial charge in [-0.3, -0.25) is 9.59 Å². The highest BCUT2D eigenvalue weighted by molar-refractivity contribution is 7.10. The van der Waals surface area contributed by atoms with E-state index in [0.29, 0.717) is 0 Å². The van der Waals surface area contributed by atoms with E-state index >= 15 is 0 Å². The molecular formula is C15H22N2O3S. The molecule has 1 fully saturated rings. The van der Waals surface area contributed by atoms with Gasteiger partial charge in [0.15, 0.2) is 0 Å². The molecule has 2 rings (SSSR count). The molecule has 0 saturated heterocycles. The summed E-state index contributed by atoms with van der Waals surface area (Å²) in [6.07, 6.45) is 5.72. The third-order valence-corrected chi connectivity index (χ3v) is 4.70. The molecule has 1 aromatic heterocycles. The van der Waals surface area contributed by atoms with Gasteiger partial charge in [0.05, 0.1) is 0 Å². The van der Waals surface area contributed by atoms with Crippen LogP contribution in [0.1, 0.15) is 49.5 Å². The molecule has 0 aromatic carbocycles. The SMILES string of the molecule is O=C(NCC(O)c1cccs1)C(=O)NC1CCCCCC1. The molecule has 21 heavy (non-hydrogen) atoms. The molecule has 2 amide bonds. The van der Waals surface area contributed by atoms with E-state index in [-0.39, 0.29) is 12.6 Å². The van der Waals surface area contributed by atoms with Crippen LogP contribution in [0.15, 0.2) is 17.5 Å². The second-order valence-corrected chi connectivity index (χ2v) is 6.38. The number of carbonyl (C=O) groups excluding carboxylic acids is 2. The van der Waals surface area contributed by atoms with Crippen molar-refractivity contribution in [3.05, 3.63) is 22.4 Å². The van der Waals surface area contributed by atoms with Crippen LogP contribution in [-0.4, -0.2) is 29.5 Å². The first-order chi connectivity index (χ1) is 10.2. The summed E-state index contributed by atoms with van der Waals surface area (Å²) in [5.41, 5.74) is 0. The van der Waals surface area contributed by atoms with Crippen molar-refractivity contribution in [1.29, 1.82) is 0 Å². The fourth-order valence-electron chi connectivity index (χ4n) is 2.53. The number of hydrogen-bond acceptors (Lipinski definition) is 4. The van der Waals surface area contributed by atoms with Crippen molar-refractivity contribution < 1.29 is 14.7 Å². The van der Waals surface area contributed by atoms with Gasteiger partial charge in [0.25, 0.3) is 0 Å². The summed E-state index contributed by atoms with van der Waals surface area (Å²) in [4.78, 5) is 24.3. The number of aliphatic hydroxyl groups is 1. The molecule has 6 heteroatoms. The zero-order chi connectivity index (χ0) is 15.1. The van der Waals surface area contributed by atoms with E-state index in [1.54, 1.807) is 6.07 Å². The summed E-state index contributed by atoms with van der Waals surface area (Å²) < 4.78 is 0. The minimum absolute atomic E-state index is 0.0530. The monoisotopic (exact) mass is 310 g/mol. The normalized spacial score (nSPS) is 17.8. The van der Waals surface area contributed by atoms with Crippen LogP contribution >= 0.6 is 11.3 Å². The van der Waals surface area contributed by atoms with E-state index in [9.17, 15) is 14.7 Å². The van der Waals surface area contributed by atoms with Gasteiger partial charge in [-0.15, -0.1) is 11.3 Å². The van der Waals surface area contributed by atoms with Crippen molar-refractivity contribution in [3.63, 3.8) is 0 Å². The van der Waals surface area contributed by atoms with E-state index in [2.05, 4.69) is 10.6 Å². The molecule has 0 bridgehead atoms. The Morgan fingerprint density at radius 3 is 2.57 bits per heavy atom. The first kappa shape index (κ1) is 16.0. The summed E-state index contributed by atoms with van der Waals surface area (Å²) in [7, 11) is 0. The van der Waals surface area contributed by atoms with Gasteiger partial charge in [-0.05, 0) is 24.3 Å². The number of amides is 2. The van der Waals surface area contributed by atoms with Crippen LogP contribution in [0.3, 0.4) is 0 Å². The molecule has 5 nitrogen and oxygen atoms in total. The van der Waals surface area contributed by atoms with Crippen molar-refractivity contribution in [1.82, 2.24) is 10.6 Å². The first-order valence-electron chi connectivity index (χ1n) is 7.47. The van der Waals surface area contributed by atoms with Crippen molar-refractivity contribution in [2.24, 2.45) is 0 Å². The van der Waals surface area contributed by atoms with Gasteiger partial charge in [0.1, 0.15) is 6.10 Å². The number of rotatable bonds is 4. The summed E-state index contributed by atoms with van der Waals surface area (Å²) in [6.45, 7) is 0.0530. The molecule has 3 N–H and O–H groups in total. The molecule has 0 aliphatic heterocycles. The maximum Gasteiger partial charge on any atom is 0.309 e. The maximum absolute atomic E-state index is 11.8. The Balaban J connectivity index is 1.73. The topological polar surface area (TPSA) is 78.4 Å². The molecule has 1 atom stereocenters. The van der Waals surface area contributed by atoms with Gasteiger partial charge in [0, 0.05) is 17.5 Å². The Morgan fingerprint density at radius 1 is 1.24 bits per heavy atom. The summed E-state index contributed by atoms with van der Waals surface area (Å²) in [5.74, 6) is -1.27. The van der Waals surface area contributed by atoms with Gasteiger partial charge >= 0.3 is 11.8 Å². The zero-order valence-corrected chi connectivity index (χ0v) is 12.8. The van der Waals surface area contributed by atoms with Crippen LogP contribution in [0.2, 0.25) is 0 Å². The standard InChI is InChI=1S/C15H22N2O3S/c18-12(13-8-5-9-21-13)10-16-14(19)15(20)17-11-6-3-1-2-4-7-11/h5,8-9,11-12,18H,1-4,6-7,10H2,(H,16,19)(H,17,20). The van der Waals surface area contributed by atoms with Crippen LogP contribution in [0.5, 0.6) is 0 Å². The number of aliphatic hydroxyl groups excluding tert-OH is 1. The number of carbonyl (C=O) groups is 2. The second-order valence-electron chi connectivity index (χ2n) is 5.40. The van der Waals surface area contributed by atoms with Crippen LogP contribution in [0.4, 0.5) is 0 Å². The summed E-state index contributed by atoms with van der Waals surface area (Å²) in [5, 5.41) is 17.0. The number of hydrogen-bond donors (Lipinski definition) is 3. The number of thiophene rings is 1. The molecule has 1 aliphatic rings. The van der Waals surface area contributed by atoms with Crippen LogP contribution < -0.4 is 10.6 Å². The van der Waals surface area contributed by atoms with E-state index in [1.807, 2.05) is 11.4 Å². The molecule has 0 radical (unpaired) electrons. The Hall–Kier alpha value is -1.40. The van der Waals surface area contributed by atoms with Crippen molar-refractivity contribution in [2.75, 3.05) is 6.54 Å². The van der Waals surface area contributed by atoms with Gasteiger partial charge in [-0.1, -0.05) is 31.7 Å². The minimum atomic E-state index is -0.764. The van der Waals surface area contributed by atoms with E-state index in [1.165, 1.54) is 24.2 Å². The fraction of sp³-hybridized carbons (Fsp3) is 0.600. The molecule has 1 unspecified atom stereocenters. The van der Waals surface area contributed by atoms with Crippen LogP contribution in [-0.2, 0) is 9.59 Å². The molecule has 1 aromatic rings.